The van der Waals surface area contributed by atoms with Crippen LogP contribution in [-0.2, 0) is 17.8 Å². The van der Waals surface area contributed by atoms with Gasteiger partial charge in [0.25, 0.3) is 5.91 Å². The normalized spacial score (nSPS) is 10.8. The first-order valence-corrected chi connectivity index (χ1v) is 9.60. The van der Waals surface area contributed by atoms with E-state index in [0.717, 1.165) is 24.3 Å². The lowest BCUT2D eigenvalue weighted by molar-refractivity contribution is -0.130. The smallest absolute Gasteiger partial charge is 0.259 e. The predicted molar refractivity (Wildman–Crippen MR) is 108 cm³/mol. The minimum atomic E-state index is -0.0444. The number of carbonyl (C=O) groups is 1. The molecule has 0 aliphatic rings. The summed E-state index contributed by atoms with van der Waals surface area (Å²) in [5.74, 6) is 0.716. The van der Waals surface area contributed by atoms with Crippen molar-refractivity contribution in [1.29, 1.82) is 0 Å². The number of benzene rings is 2. The Labute approximate surface area is 158 Å². The topological polar surface area (TPSA) is 41.6 Å². The van der Waals surface area contributed by atoms with Gasteiger partial charge in [-0.1, -0.05) is 36.4 Å². The summed E-state index contributed by atoms with van der Waals surface area (Å²) in [6.07, 6.45) is 0.992. The predicted octanol–water partition coefficient (Wildman–Crippen LogP) is 3.70. The van der Waals surface area contributed by atoms with Crippen LogP contribution in [0.4, 0.5) is 0 Å². The number of fused-ring (bicyclic) bond motifs is 1. The molecule has 0 aliphatic heterocycles. The number of hydrogen-bond acceptors (Lipinski definition) is 4. The molecule has 1 aromatic heterocycles. The number of nitrogens with zero attached hydrogens (tertiary/aromatic N) is 1. The average molecular weight is 369 g/mol. The van der Waals surface area contributed by atoms with Gasteiger partial charge in [0.15, 0.2) is 6.61 Å². The molecule has 0 bridgehead atoms. The third-order valence-electron chi connectivity index (χ3n) is 4.27. The molecule has 0 saturated heterocycles. The summed E-state index contributed by atoms with van der Waals surface area (Å²) < 4.78 is 7.03. The highest BCUT2D eigenvalue weighted by Crippen LogP contribution is 2.25. The van der Waals surface area contributed by atoms with Crippen molar-refractivity contribution in [2.45, 2.75) is 13.0 Å². The van der Waals surface area contributed by atoms with E-state index in [0.29, 0.717) is 6.54 Å². The Morgan fingerprint density at radius 2 is 1.85 bits per heavy atom. The summed E-state index contributed by atoms with van der Waals surface area (Å²) in [5.41, 5.74) is 2.45. The number of para-hydroxylation sites is 1. The number of hydrogen-bond donors (Lipinski definition) is 1. The molecule has 2 aromatic carbocycles. The average Bonchev–Trinajstić information content (AvgIpc) is 3.07. The van der Waals surface area contributed by atoms with Crippen LogP contribution in [0.25, 0.3) is 10.1 Å². The fourth-order valence-electron chi connectivity index (χ4n) is 2.73. The van der Waals surface area contributed by atoms with Crippen LogP contribution >= 0.6 is 11.3 Å². The van der Waals surface area contributed by atoms with Crippen LogP contribution in [0.2, 0.25) is 0 Å². The SMILES string of the molecule is CN(C)C(=O)COc1ccccc1CNCCc1csc2ccccc12. The van der Waals surface area contributed by atoms with E-state index in [2.05, 4.69) is 35.0 Å². The summed E-state index contributed by atoms with van der Waals surface area (Å²) in [4.78, 5) is 13.2. The van der Waals surface area contributed by atoms with E-state index >= 15 is 0 Å². The van der Waals surface area contributed by atoms with Crippen LogP contribution in [-0.4, -0.2) is 38.1 Å². The molecule has 1 heterocycles. The van der Waals surface area contributed by atoms with Crippen LogP contribution in [0.15, 0.2) is 53.9 Å². The zero-order chi connectivity index (χ0) is 18.4. The van der Waals surface area contributed by atoms with E-state index in [-0.39, 0.29) is 12.5 Å². The van der Waals surface area contributed by atoms with Crippen LogP contribution < -0.4 is 10.1 Å². The molecule has 4 nitrogen and oxygen atoms in total. The molecule has 0 radical (unpaired) electrons. The van der Waals surface area contributed by atoms with Crippen molar-refractivity contribution in [2.75, 3.05) is 27.2 Å². The van der Waals surface area contributed by atoms with E-state index in [9.17, 15) is 4.79 Å². The van der Waals surface area contributed by atoms with Crippen LogP contribution in [0.3, 0.4) is 0 Å². The van der Waals surface area contributed by atoms with Gasteiger partial charge in [0.2, 0.25) is 0 Å². The van der Waals surface area contributed by atoms with Gasteiger partial charge in [-0.3, -0.25) is 4.79 Å². The van der Waals surface area contributed by atoms with Gasteiger partial charge >= 0.3 is 0 Å². The van der Waals surface area contributed by atoms with Gasteiger partial charge in [-0.15, -0.1) is 11.3 Å². The highest BCUT2D eigenvalue weighted by atomic mass is 32.1. The Morgan fingerprint density at radius 1 is 1.08 bits per heavy atom. The van der Waals surface area contributed by atoms with Gasteiger partial charge in [-0.05, 0) is 41.4 Å². The van der Waals surface area contributed by atoms with Crippen LogP contribution in [0.1, 0.15) is 11.1 Å². The number of rotatable bonds is 8. The minimum absolute atomic E-state index is 0.0444. The molecule has 5 heteroatoms. The zero-order valence-electron chi connectivity index (χ0n) is 15.2. The van der Waals surface area contributed by atoms with Crippen molar-refractivity contribution in [3.63, 3.8) is 0 Å². The fourth-order valence-corrected chi connectivity index (χ4v) is 3.73. The van der Waals surface area contributed by atoms with Crippen LogP contribution in [0.5, 0.6) is 5.75 Å². The molecule has 0 unspecified atom stereocenters. The molecular formula is C21H24N2O2S. The van der Waals surface area contributed by atoms with Gasteiger partial charge < -0.3 is 15.0 Å². The number of carbonyl (C=O) groups excluding carboxylic acids is 1. The van der Waals surface area contributed by atoms with E-state index in [1.807, 2.05) is 24.3 Å². The second kappa shape index (κ2) is 8.83. The maximum absolute atomic E-state index is 11.7. The number of thiophene rings is 1. The first kappa shape index (κ1) is 18.4. The summed E-state index contributed by atoms with van der Waals surface area (Å²) >= 11 is 1.80. The molecule has 3 aromatic rings. The monoisotopic (exact) mass is 368 g/mol. The van der Waals surface area contributed by atoms with Crippen molar-refractivity contribution in [2.24, 2.45) is 0 Å². The van der Waals surface area contributed by atoms with Gasteiger partial charge in [0.1, 0.15) is 5.75 Å². The fraction of sp³-hybridized carbons (Fsp3) is 0.286. The summed E-state index contributed by atoms with van der Waals surface area (Å²) in [5, 5.41) is 7.08. The van der Waals surface area contributed by atoms with Gasteiger partial charge in [-0.25, -0.2) is 0 Å². The number of amides is 1. The van der Waals surface area contributed by atoms with Gasteiger partial charge in [0.05, 0.1) is 0 Å². The lowest BCUT2D eigenvalue weighted by Crippen LogP contribution is -2.28. The zero-order valence-corrected chi connectivity index (χ0v) is 16.0. The molecule has 1 N–H and O–H groups in total. The standard InChI is InChI=1S/C21H24N2O2S/c1-23(2)21(24)14-25-19-9-5-3-7-16(19)13-22-12-11-17-15-26-20-10-6-4-8-18(17)20/h3-10,15,22H,11-14H2,1-2H3. The number of nitrogens with one attached hydrogen (secondary N) is 1. The molecule has 0 atom stereocenters. The van der Waals surface area contributed by atoms with Gasteiger partial charge in [0, 0.05) is 30.9 Å². The number of likely N-dealkylation sites (N-methyl/N-ethyl adjacent to an activating group) is 1. The summed E-state index contributed by atoms with van der Waals surface area (Å²) in [6.45, 7) is 1.67. The Morgan fingerprint density at radius 3 is 2.69 bits per heavy atom. The Hall–Kier alpha value is -2.37. The van der Waals surface area contributed by atoms with Crippen molar-refractivity contribution >= 4 is 27.3 Å². The maximum Gasteiger partial charge on any atom is 0.259 e. The van der Waals surface area contributed by atoms with E-state index in [1.54, 1.807) is 25.4 Å². The maximum atomic E-state index is 11.7. The lowest BCUT2D eigenvalue weighted by Gasteiger charge is -2.14. The highest BCUT2D eigenvalue weighted by molar-refractivity contribution is 7.17. The van der Waals surface area contributed by atoms with E-state index < -0.39 is 0 Å². The molecule has 1 amide bonds. The Kier molecular flexibility index (Phi) is 6.26. The molecular weight excluding hydrogens is 344 g/mol. The first-order chi connectivity index (χ1) is 12.6. The summed E-state index contributed by atoms with van der Waals surface area (Å²) in [6, 6.07) is 16.4. The largest absolute Gasteiger partial charge is 0.483 e. The van der Waals surface area contributed by atoms with Crippen molar-refractivity contribution in [3.8, 4) is 5.75 Å². The molecule has 0 fully saturated rings. The molecule has 136 valence electrons. The van der Waals surface area contributed by atoms with Gasteiger partial charge in [-0.2, -0.15) is 0 Å². The van der Waals surface area contributed by atoms with Crippen LogP contribution in [0, 0.1) is 0 Å². The van der Waals surface area contributed by atoms with E-state index in [4.69, 9.17) is 4.74 Å². The van der Waals surface area contributed by atoms with Crippen molar-refractivity contribution in [1.82, 2.24) is 10.2 Å². The van der Waals surface area contributed by atoms with Crippen molar-refractivity contribution in [3.05, 3.63) is 65.0 Å². The van der Waals surface area contributed by atoms with Crippen molar-refractivity contribution < 1.29 is 9.53 Å². The molecule has 0 spiro atoms. The quantitative estimate of drug-likeness (QED) is 0.617. The molecule has 3 rings (SSSR count). The molecule has 0 saturated carbocycles. The first-order valence-electron chi connectivity index (χ1n) is 8.72. The molecule has 0 aliphatic carbocycles. The second-order valence-electron chi connectivity index (χ2n) is 6.37. The highest BCUT2D eigenvalue weighted by Gasteiger charge is 2.08. The molecule has 26 heavy (non-hydrogen) atoms. The lowest BCUT2D eigenvalue weighted by atomic mass is 10.1. The summed E-state index contributed by atoms with van der Waals surface area (Å²) in [7, 11) is 3.46. The Bertz CT molecular complexity index is 873. The minimum Gasteiger partial charge on any atom is -0.483 e. The number of ether oxygens (including phenoxy) is 1. The van der Waals surface area contributed by atoms with E-state index in [1.165, 1.54) is 20.5 Å². The third-order valence-corrected chi connectivity index (χ3v) is 5.28. The Balaban J connectivity index is 1.52. The third kappa shape index (κ3) is 4.62. The second-order valence-corrected chi connectivity index (χ2v) is 7.28.